The predicted molar refractivity (Wildman–Crippen MR) is 98.2 cm³/mol. The van der Waals surface area contributed by atoms with Crippen molar-refractivity contribution in [3.8, 4) is 11.5 Å². The fourth-order valence-corrected chi connectivity index (χ4v) is 4.73. The molecule has 0 spiro atoms. The number of carbonyl (C=O) groups is 2. The van der Waals surface area contributed by atoms with E-state index in [1.807, 2.05) is 26.8 Å². The molecule has 2 aliphatic carbocycles. The quantitative estimate of drug-likeness (QED) is 0.819. The number of ether oxygens (including phenoxy) is 1. The summed E-state index contributed by atoms with van der Waals surface area (Å²) in [6, 6.07) is 4.89. The van der Waals surface area contributed by atoms with Crippen molar-refractivity contribution in [2.45, 2.75) is 45.1 Å². The van der Waals surface area contributed by atoms with Crippen molar-refractivity contribution in [2.75, 3.05) is 0 Å². The van der Waals surface area contributed by atoms with E-state index in [1.165, 1.54) is 12.2 Å². The van der Waals surface area contributed by atoms with E-state index < -0.39 is 11.0 Å². The summed E-state index contributed by atoms with van der Waals surface area (Å²) in [5, 5.41) is 10.0. The van der Waals surface area contributed by atoms with Crippen LogP contribution < -0.4 is 4.74 Å². The van der Waals surface area contributed by atoms with Gasteiger partial charge in [0.05, 0.1) is 5.41 Å². The number of fused-ring (bicyclic) bond motifs is 2. The fraction of sp³-hybridized carbons (Fsp3) is 0.364. The molecule has 3 aliphatic rings. The van der Waals surface area contributed by atoms with Crippen LogP contribution >= 0.6 is 0 Å². The maximum atomic E-state index is 13.3. The lowest BCUT2D eigenvalue weighted by atomic mass is 9.49. The largest absolute Gasteiger partial charge is 0.508 e. The molecule has 0 fully saturated rings. The third kappa shape index (κ3) is 2.02. The molecule has 2 bridgehead atoms. The third-order valence-electron chi connectivity index (χ3n) is 5.90. The second-order valence-corrected chi connectivity index (χ2v) is 7.84. The number of aromatic hydroxyl groups is 1. The number of hydrogen-bond acceptors (Lipinski definition) is 4. The Morgan fingerprint density at radius 2 is 2.00 bits per heavy atom. The average molecular weight is 350 g/mol. The lowest BCUT2D eigenvalue weighted by Gasteiger charge is -2.57. The molecular formula is C22H22O4. The molecule has 1 aromatic carbocycles. The third-order valence-corrected chi connectivity index (χ3v) is 5.90. The van der Waals surface area contributed by atoms with Gasteiger partial charge in [-0.15, -0.1) is 0 Å². The Bertz CT molecular complexity index is 916. The normalized spacial score (nSPS) is 31.5. The molecule has 4 heteroatoms. The minimum Gasteiger partial charge on any atom is -0.508 e. The summed E-state index contributed by atoms with van der Waals surface area (Å²) in [6.07, 6.45) is 7.67. The Labute approximate surface area is 152 Å². The van der Waals surface area contributed by atoms with Gasteiger partial charge in [0.1, 0.15) is 11.5 Å². The van der Waals surface area contributed by atoms with Crippen molar-refractivity contribution in [3.05, 3.63) is 59.2 Å². The maximum absolute atomic E-state index is 13.3. The molecule has 0 saturated carbocycles. The zero-order chi connectivity index (χ0) is 18.7. The molecule has 1 heterocycles. The molecular weight excluding hydrogens is 328 g/mol. The monoisotopic (exact) mass is 350 g/mol. The van der Waals surface area contributed by atoms with Crippen LogP contribution in [0.3, 0.4) is 0 Å². The Kier molecular flexibility index (Phi) is 3.52. The van der Waals surface area contributed by atoms with E-state index in [0.29, 0.717) is 18.6 Å². The lowest BCUT2D eigenvalue weighted by Crippen LogP contribution is -2.68. The van der Waals surface area contributed by atoms with Crippen LogP contribution in [0.15, 0.2) is 53.6 Å². The second-order valence-electron chi connectivity index (χ2n) is 7.84. The van der Waals surface area contributed by atoms with E-state index >= 15 is 0 Å². The number of hydrogen-bond donors (Lipinski definition) is 1. The number of ketones is 2. The fourth-order valence-electron chi connectivity index (χ4n) is 4.73. The minimum absolute atomic E-state index is 0.0858. The molecule has 4 nitrogen and oxygen atoms in total. The minimum atomic E-state index is -1.22. The van der Waals surface area contributed by atoms with Crippen LogP contribution in [0.5, 0.6) is 11.5 Å². The first-order chi connectivity index (χ1) is 12.3. The summed E-state index contributed by atoms with van der Waals surface area (Å²) >= 11 is 0. The van der Waals surface area contributed by atoms with E-state index in [0.717, 1.165) is 16.7 Å². The van der Waals surface area contributed by atoms with Crippen molar-refractivity contribution in [1.82, 2.24) is 0 Å². The highest BCUT2D eigenvalue weighted by atomic mass is 16.5. The van der Waals surface area contributed by atoms with E-state index in [1.54, 1.807) is 18.2 Å². The van der Waals surface area contributed by atoms with Gasteiger partial charge in [-0.3, -0.25) is 9.59 Å². The SMILES string of the molecule is CC(C)=CC[C@]12C(=O)C=CC(=O)[C@]13CC(C)=C[C@H]2c1cc(O)ccc1O3. The number of phenolic OH excluding ortho intramolecular Hbond substituents is 1. The first-order valence-corrected chi connectivity index (χ1v) is 8.90. The van der Waals surface area contributed by atoms with Crippen LogP contribution in [-0.2, 0) is 9.59 Å². The zero-order valence-electron chi connectivity index (χ0n) is 15.2. The summed E-state index contributed by atoms with van der Waals surface area (Å²) < 4.78 is 6.34. The molecule has 1 aromatic rings. The van der Waals surface area contributed by atoms with E-state index in [9.17, 15) is 14.7 Å². The van der Waals surface area contributed by atoms with E-state index in [4.69, 9.17) is 4.74 Å². The number of rotatable bonds is 2. The number of allylic oxidation sites excluding steroid dienone is 4. The van der Waals surface area contributed by atoms with Gasteiger partial charge in [0, 0.05) is 17.9 Å². The standard InChI is InChI=1S/C22H22O4/c1-13(2)8-9-21-17-10-14(3)12-22(21,20(25)7-6-19(21)24)26-18-5-4-15(23)11-16(17)18/h4-8,10-11,17,23H,9,12H2,1-3H3/t17-,21-,22+/m0/s1. The van der Waals surface area contributed by atoms with Crippen molar-refractivity contribution in [3.63, 3.8) is 0 Å². The van der Waals surface area contributed by atoms with Gasteiger partial charge in [0.15, 0.2) is 11.4 Å². The summed E-state index contributed by atoms with van der Waals surface area (Å²) in [5.74, 6) is 0.136. The number of phenols is 1. The molecule has 0 radical (unpaired) electrons. The highest BCUT2D eigenvalue weighted by molar-refractivity contribution is 6.14. The number of benzene rings is 1. The molecule has 1 aliphatic heterocycles. The first-order valence-electron chi connectivity index (χ1n) is 8.90. The van der Waals surface area contributed by atoms with Crippen LogP contribution in [0, 0.1) is 5.41 Å². The van der Waals surface area contributed by atoms with Gasteiger partial charge in [-0.25, -0.2) is 0 Å². The smallest absolute Gasteiger partial charge is 0.200 e. The molecule has 3 atom stereocenters. The predicted octanol–water partition coefficient (Wildman–Crippen LogP) is 4.01. The van der Waals surface area contributed by atoms with E-state index in [2.05, 4.69) is 6.08 Å². The van der Waals surface area contributed by atoms with Gasteiger partial charge in [0.2, 0.25) is 5.78 Å². The van der Waals surface area contributed by atoms with Gasteiger partial charge in [-0.2, -0.15) is 0 Å². The highest BCUT2D eigenvalue weighted by Crippen LogP contribution is 2.63. The molecule has 0 saturated heterocycles. The van der Waals surface area contributed by atoms with Gasteiger partial charge in [0.25, 0.3) is 0 Å². The van der Waals surface area contributed by atoms with Gasteiger partial charge in [-0.05, 0) is 57.5 Å². The molecule has 4 rings (SSSR count). The Balaban J connectivity index is 2.06. The van der Waals surface area contributed by atoms with Crippen LogP contribution in [0.25, 0.3) is 0 Å². The molecule has 1 N–H and O–H groups in total. The van der Waals surface area contributed by atoms with Gasteiger partial charge in [-0.1, -0.05) is 23.3 Å². The summed E-state index contributed by atoms with van der Waals surface area (Å²) in [4.78, 5) is 26.4. The first kappa shape index (κ1) is 16.8. The van der Waals surface area contributed by atoms with Crippen LogP contribution in [-0.4, -0.2) is 22.3 Å². The summed E-state index contributed by atoms with van der Waals surface area (Å²) in [6.45, 7) is 5.93. The molecule has 0 amide bonds. The molecule has 26 heavy (non-hydrogen) atoms. The summed E-state index contributed by atoms with van der Waals surface area (Å²) in [7, 11) is 0. The topological polar surface area (TPSA) is 63.6 Å². The molecule has 134 valence electrons. The molecule has 0 unspecified atom stereocenters. The maximum Gasteiger partial charge on any atom is 0.200 e. The van der Waals surface area contributed by atoms with Gasteiger partial charge >= 0.3 is 0 Å². The Morgan fingerprint density at radius 1 is 1.27 bits per heavy atom. The van der Waals surface area contributed by atoms with Crippen molar-refractivity contribution in [2.24, 2.45) is 5.41 Å². The van der Waals surface area contributed by atoms with Crippen LogP contribution in [0.4, 0.5) is 0 Å². The summed E-state index contributed by atoms with van der Waals surface area (Å²) in [5.41, 5.74) is 0.630. The van der Waals surface area contributed by atoms with Crippen LogP contribution in [0.2, 0.25) is 0 Å². The average Bonchev–Trinajstić information content (AvgIpc) is 2.57. The highest BCUT2D eigenvalue weighted by Gasteiger charge is 2.69. The van der Waals surface area contributed by atoms with Gasteiger partial charge < -0.3 is 9.84 Å². The Morgan fingerprint density at radius 3 is 2.73 bits per heavy atom. The zero-order valence-corrected chi connectivity index (χ0v) is 15.2. The van der Waals surface area contributed by atoms with Crippen molar-refractivity contribution >= 4 is 11.6 Å². The van der Waals surface area contributed by atoms with E-state index in [-0.39, 0.29) is 23.2 Å². The number of carbonyl (C=O) groups excluding carboxylic acids is 2. The van der Waals surface area contributed by atoms with Crippen LogP contribution in [0.1, 0.15) is 45.1 Å². The van der Waals surface area contributed by atoms with Crippen molar-refractivity contribution < 1.29 is 19.4 Å². The Hall–Kier alpha value is -2.62. The van der Waals surface area contributed by atoms with Crippen molar-refractivity contribution in [1.29, 1.82) is 0 Å². The molecule has 0 aromatic heterocycles. The second kappa shape index (κ2) is 5.44. The lowest BCUT2D eigenvalue weighted by molar-refractivity contribution is -0.162.